The summed E-state index contributed by atoms with van der Waals surface area (Å²) in [6.07, 6.45) is 3.35. The average Bonchev–Trinajstić information content (AvgIpc) is 2.29. The van der Waals surface area contributed by atoms with Gasteiger partial charge in [0.25, 0.3) is 0 Å². The Labute approximate surface area is 110 Å². The van der Waals surface area contributed by atoms with Crippen molar-refractivity contribution in [1.29, 1.82) is 5.26 Å². The van der Waals surface area contributed by atoms with Gasteiger partial charge in [-0.2, -0.15) is 5.26 Å². The zero-order valence-corrected chi connectivity index (χ0v) is 11.7. The quantitative estimate of drug-likeness (QED) is 0.809. The molecule has 0 radical (unpaired) electrons. The fourth-order valence-electron chi connectivity index (χ4n) is 2.69. The van der Waals surface area contributed by atoms with Crippen LogP contribution in [0.3, 0.4) is 0 Å². The highest BCUT2D eigenvalue weighted by molar-refractivity contribution is 5.29. The van der Waals surface area contributed by atoms with Crippen LogP contribution in [0, 0.1) is 30.6 Å². The fraction of sp³-hybridized carbons (Fsp3) is 0.562. The van der Waals surface area contributed by atoms with E-state index in [1.165, 1.54) is 23.1 Å². The Morgan fingerprint density at radius 3 is 2.50 bits per heavy atom. The first-order valence-corrected chi connectivity index (χ1v) is 6.71. The Kier molecular flexibility index (Phi) is 3.73. The zero-order valence-electron chi connectivity index (χ0n) is 11.7. The van der Waals surface area contributed by atoms with Gasteiger partial charge in [-0.05, 0) is 50.4 Å². The standard InChI is InChI=1S/C16H22N2/c1-13-5-6-15(9-14(13)2)10-18(3)12-16(11-17)7-4-8-16/h5-6,9H,4,7-8,10,12H2,1-3H3. The summed E-state index contributed by atoms with van der Waals surface area (Å²) in [6.45, 7) is 6.13. The lowest BCUT2D eigenvalue weighted by Gasteiger charge is -2.38. The van der Waals surface area contributed by atoms with Crippen molar-refractivity contribution < 1.29 is 0 Å². The Morgan fingerprint density at radius 2 is 2.00 bits per heavy atom. The number of benzene rings is 1. The van der Waals surface area contributed by atoms with Gasteiger partial charge < -0.3 is 4.90 Å². The normalized spacial score (nSPS) is 17.3. The van der Waals surface area contributed by atoms with Gasteiger partial charge in [0.05, 0.1) is 11.5 Å². The van der Waals surface area contributed by atoms with E-state index >= 15 is 0 Å². The van der Waals surface area contributed by atoms with E-state index in [0.29, 0.717) is 0 Å². The molecular formula is C16H22N2. The molecule has 0 N–H and O–H groups in total. The van der Waals surface area contributed by atoms with Crippen LogP contribution in [-0.4, -0.2) is 18.5 Å². The molecule has 0 aliphatic heterocycles. The topological polar surface area (TPSA) is 27.0 Å². The van der Waals surface area contributed by atoms with Crippen LogP contribution < -0.4 is 0 Å². The van der Waals surface area contributed by atoms with E-state index in [9.17, 15) is 5.26 Å². The van der Waals surface area contributed by atoms with Gasteiger partial charge >= 0.3 is 0 Å². The van der Waals surface area contributed by atoms with Gasteiger partial charge in [-0.25, -0.2) is 0 Å². The highest BCUT2D eigenvalue weighted by Gasteiger charge is 2.37. The summed E-state index contributed by atoms with van der Waals surface area (Å²) in [5, 5.41) is 9.26. The average molecular weight is 242 g/mol. The molecule has 96 valence electrons. The summed E-state index contributed by atoms with van der Waals surface area (Å²) in [5.41, 5.74) is 3.97. The lowest BCUT2D eigenvalue weighted by molar-refractivity contribution is 0.134. The van der Waals surface area contributed by atoms with Gasteiger partial charge in [0, 0.05) is 13.1 Å². The smallest absolute Gasteiger partial charge is 0.0703 e. The maximum atomic E-state index is 9.26. The molecule has 0 amide bonds. The molecule has 0 spiro atoms. The van der Waals surface area contributed by atoms with Crippen molar-refractivity contribution in [2.24, 2.45) is 5.41 Å². The van der Waals surface area contributed by atoms with Crippen molar-refractivity contribution in [2.45, 2.75) is 39.7 Å². The van der Waals surface area contributed by atoms with Gasteiger partial charge in [-0.15, -0.1) is 0 Å². The molecule has 0 aromatic heterocycles. The first-order valence-electron chi connectivity index (χ1n) is 6.71. The molecule has 0 bridgehead atoms. The summed E-state index contributed by atoms with van der Waals surface area (Å²) < 4.78 is 0. The van der Waals surface area contributed by atoms with Crippen molar-refractivity contribution in [1.82, 2.24) is 4.90 Å². The van der Waals surface area contributed by atoms with Crippen molar-refractivity contribution in [2.75, 3.05) is 13.6 Å². The molecule has 1 aliphatic carbocycles. The van der Waals surface area contributed by atoms with Crippen LogP contribution in [0.5, 0.6) is 0 Å². The number of aryl methyl sites for hydroxylation is 2. The van der Waals surface area contributed by atoms with Gasteiger partial charge in [0.1, 0.15) is 0 Å². The van der Waals surface area contributed by atoms with E-state index in [4.69, 9.17) is 0 Å². The minimum absolute atomic E-state index is 0.0610. The Hall–Kier alpha value is -1.33. The summed E-state index contributed by atoms with van der Waals surface area (Å²) in [4.78, 5) is 2.28. The van der Waals surface area contributed by atoms with E-state index in [0.717, 1.165) is 25.9 Å². The molecular weight excluding hydrogens is 220 g/mol. The minimum Gasteiger partial charge on any atom is -0.301 e. The number of nitrogens with zero attached hydrogens (tertiary/aromatic N) is 2. The predicted molar refractivity (Wildman–Crippen MR) is 74.1 cm³/mol. The molecule has 0 unspecified atom stereocenters. The minimum atomic E-state index is -0.0610. The monoisotopic (exact) mass is 242 g/mol. The summed E-state index contributed by atoms with van der Waals surface area (Å²) in [5.74, 6) is 0. The van der Waals surface area contributed by atoms with E-state index in [2.05, 4.69) is 50.1 Å². The number of hydrogen-bond acceptors (Lipinski definition) is 2. The first kappa shape index (κ1) is 13.1. The van der Waals surface area contributed by atoms with Gasteiger partial charge in [0.15, 0.2) is 0 Å². The molecule has 1 aliphatic rings. The van der Waals surface area contributed by atoms with Crippen LogP contribution in [0.2, 0.25) is 0 Å². The SMILES string of the molecule is Cc1ccc(CN(C)CC2(C#N)CCC2)cc1C. The van der Waals surface area contributed by atoms with Gasteiger partial charge in [0.2, 0.25) is 0 Å². The second-order valence-electron chi connectivity index (χ2n) is 5.84. The van der Waals surface area contributed by atoms with E-state index in [1.54, 1.807) is 0 Å². The lowest BCUT2D eigenvalue weighted by atomic mass is 9.69. The van der Waals surface area contributed by atoms with E-state index in [-0.39, 0.29) is 5.41 Å². The molecule has 2 nitrogen and oxygen atoms in total. The third-order valence-electron chi connectivity index (χ3n) is 4.14. The summed E-state index contributed by atoms with van der Waals surface area (Å²) >= 11 is 0. The van der Waals surface area contributed by atoms with Crippen molar-refractivity contribution >= 4 is 0 Å². The second-order valence-corrected chi connectivity index (χ2v) is 5.84. The van der Waals surface area contributed by atoms with Crippen LogP contribution in [0.1, 0.15) is 36.0 Å². The Bertz CT molecular complexity index is 466. The highest BCUT2D eigenvalue weighted by atomic mass is 15.1. The van der Waals surface area contributed by atoms with Crippen LogP contribution in [-0.2, 0) is 6.54 Å². The molecule has 0 atom stereocenters. The van der Waals surface area contributed by atoms with Crippen molar-refractivity contribution in [3.63, 3.8) is 0 Å². The second kappa shape index (κ2) is 5.12. The molecule has 2 rings (SSSR count). The molecule has 0 heterocycles. The molecule has 2 heteroatoms. The fourth-order valence-corrected chi connectivity index (χ4v) is 2.69. The van der Waals surface area contributed by atoms with E-state index < -0.39 is 0 Å². The maximum absolute atomic E-state index is 9.26. The first-order chi connectivity index (χ1) is 8.54. The van der Waals surface area contributed by atoms with Crippen molar-refractivity contribution in [3.05, 3.63) is 34.9 Å². The van der Waals surface area contributed by atoms with E-state index in [1.807, 2.05) is 0 Å². The third kappa shape index (κ3) is 2.73. The van der Waals surface area contributed by atoms with Crippen molar-refractivity contribution in [3.8, 4) is 6.07 Å². The summed E-state index contributed by atoms with van der Waals surface area (Å²) in [6, 6.07) is 9.14. The number of rotatable bonds is 4. The largest absolute Gasteiger partial charge is 0.301 e. The van der Waals surface area contributed by atoms with Crippen LogP contribution in [0.25, 0.3) is 0 Å². The van der Waals surface area contributed by atoms with Gasteiger partial charge in [-0.1, -0.05) is 24.6 Å². The van der Waals surface area contributed by atoms with Crippen LogP contribution in [0.15, 0.2) is 18.2 Å². The Balaban J connectivity index is 1.97. The summed E-state index contributed by atoms with van der Waals surface area (Å²) in [7, 11) is 2.12. The third-order valence-corrected chi connectivity index (χ3v) is 4.14. The predicted octanol–water partition coefficient (Wildman–Crippen LogP) is 3.43. The molecule has 1 aromatic rings. The molecule has 1 fully saturated rings. The number of nitriles is 1. The molecule has 1 aromatic carbocycles. The Morgan fingerprint density at radius 1 is 1.28 bits per heavy atom. The maximum Gasteiger partial charge on any atom is 0.0703 e. The molecule has 18 heavy (non-hydrogen) atoms. The molecule has 0 saturated heterocycles. The number of hydrogen-bond donors (Lipinski definition) is 0. The zero-order chi connectivity index (χ0) is 13.2. The van der Waals surface area contributed by atoms with Crippen LogP contribution in [0.4, 0.5) is 0 Å². The molecule has 1 saturated carbocycles. The lowest BCUT2D eigenvalue weighted by Crippen LogP contribution is -2.39. The van der Waals surface area contributed by atoms with Crippen LogP contribution >= 0.6 is 0 Å². The highest BCUT2D eigenvalue weighted by Crippen LogP contribution is 2.40. The van der Waals surface area contributed by atoms with Gasteiger partial charge in [-0.3, -0.25) is 0 Å².